The van der Waals surface area contributed by atoms with Crippen LogP contribution in [0.25, 0.3) is 0 Å². The second-order valence-corrected chi connectivity index (χ2v) is 12.7. The van der Waals surface area contributed by atoms with Gasteiger partial charge in [0.1, 0.15) is 0 Å². The Morgan fingerprint density at radius 1 is 0.938 bits per heavy atom. The first-order valence-electron chi connectivity index (χ1n) is 13.3. The van der Waals surface area contributed by atoms with Crippen LogP contribution in [0.1, 0.15) is 91.9 Å². The molecular weight excluding hydrogens is 404 g/mol. The van der Waals surface area contributed by atoms with Crippen LogP contribution in [0.15, 0.2) is 0 Å². The molecule has 0 spiro atoms. The van der Waals surface area contributed by atoms with E-state index in [1.165, 1.54) is 25.7 Å². The summed E-state index contributed by atoms with van der Waals surface area (Å²) in [6.07, 6.45) is 8.64. The fourth-order valence-corrected chi connectivity index (χ4v) is 9.22. The van der Waals surface area contributed by atoms with E-state index in [0.29, 0.717) is 41.9 Å². The lowest BCUT2D eigenvalue weighted by molar-refractivity contribution is -0.174. The number of carboxylic acid groups (broad SMARTS) is 1. The Hall–Kier alpha value is -0.650. The molecule has 12 atom stereocenters. The zero-order chi connectivity index (χ0) is 23.4. The summed E-state index contributed by atoms with van der Waals surface area (Å²) in [5, 5.41) is 41.1. The predicted octanol–water partition coefficient (Wildman–Crippen LogP) is 4.47. The van der Waals surface area contributed by atoms with Gasteiger partial charge in [0.25, 0.3) is 0 Å². The van der Waals surface area contributed by atoms with Crippen molar-refractivity contribution in [1.29, 1.82) is 0 Å². The Morgan fingerprint density at radius 3 is 2.28 bits per heavy atom. The third-order valence-corrected chi connectivity index (χ3v) is 11.3. The molecule has 5 heteroatoms. The number of hydrogen-bond donors (Lipinski definition) is 4. The summed E-state index contributed by atoms with van der Waals surface area (Å²) < 4.78 is 0. The molecule has 0 aliphatic heterocycles. The number of hydrogen-bond acceptors (Lipinski definition) is 4. The van der Waals surface area contributed by atoms with Gasteiger partial charge in [-0.1, -0.05) is 20.8 Å². The topological polar surface area (TPSA) is 98.0 Å². The zero-order valence-electron chi connectivity index (χ0n) is 20.5. The molecule has 0 amide bonds. The van der Waals surface area contributed by atoms with Crippen LogP contribution in [-0.4, -0.2) is 44.7 Å². The maximum Gasteiger partial charge on any atom is 0.308 e. The molecule has 4 aliphatic carbocycles. The first-order valence-corrected chi connectivity index (χ1v) is 13.3. The predicted molar refractivity (Wildman–Crippen MR) is 124 cm³/mol. The van der Waals surface area contributed by atoms with Gasteiger partial charge in [0.05, 0.1) is 24.2 Å². The standard InChI is InChI=1S/C27H46O5/c1-15(5-8-22(29)16(2)25(31)32)19-6-7-20-24-21(10-12-27(19,20)4)26(3)11-9-18(28)13-17(26)14-23(24)30/h15-24,28-30H,5-14H2,1-4H3,(H,31,32)/t15-,16?,17+,18-,19-,20+,21+,22?,23-,24+,26+,27-/m1/s1. The first kappa shape index (κ1) is 24.5. The highest BCUT2D eigenvalue weighted by molar-refractivity contribution is 5.70. The highest BCUT2D eigenvalue weighted by atomic mass is 16.4. The molecule has 4 N–H and O–H groups in total. The molecule has 0 saturated heterocycles. The van der Waals surface area contributed by atoms with Gasteiger partial charge in [-0.2, -0.15) is 0 Å². The summed E-state index contributed by atoms with van der Waals surface area (Å²) >= 11 is 0. The van der Waals surface area contributed by atoms with Gasteiger partial charge in [-0.05, 0) is 117 Å². The van der Waals surface area contributed by atoms with Crippen LogP contribution in [0, 0.1) is 52.3 Å². The second-order valence-electron chi connectivity index (χ2n) is 12.7. The Labute approximate surface area is 194 Å². The molecule has 5 nitrogen and oxygen atoms in total. The van der Waals surface area contributed by atoms with E-state index in [2.05, 4.69) is 20.8 Å². The van der Waals surface area contributed by atoms with Crippen molar-refractivity contribution < 1.29 is 25.2 Å². The maximum absolute atomic E-state index is 11.3. The summed E-state index contributed by atoms with van der Waals surface area (Å²) in [5.74, 6) is 1.32. The van der Waals surface area contributed by atoms with E-state index in [-0.39, 0.29) is 23.0 Å². The summed E-state index contributed by atoms with van der Waals surface area (Å²) in [7, 11) is 0. The number of carbonyl (C=O) groups is 1. The van der Waals surface area contributed by atoms with Crippen molar-refractivity contribution in [2.75, 3.05) is 0 Å². The molecular formula is C27H46O5. The van der Waals surface area contributed by atoms with Crippen molar-refractivity contribution >= 4 is 5.97 Å². The van der Waals surface area contributed by atoms with E-state index in [9.17, 15) is 25.2 Å². The fraction of sp³-hybridized carbons (Fsp3) is 0.963. The Morgan fingerprint density at radius 2 is 1.59 bits per heavy atom. The molecule has 4 fully saturated rings. The van der Waals surface area contributed by atoms with Gasteiger partial charge in [-0.3, -0.25) is 4.79 Å². The monoisotopic (exact) mass is 450 g/mol. The lowest BCUT2D eigenvalue weighted by Crippen LogP contribution is -2.58. The Bertz CT molecular complexity index is 696. The van der Waals surface area contributed by atoms with E-state index < -0.39 is 18.0 Å². The van der Waals surface area contributed by atoms with Gasteiger partial charge in [-0.15, -0.1) is 0 Å². The lowest BCUT2D eigenvalue weighted by atomic mass is 9.43. The van der Waals surface area contributed by atoms with Crippen molar-refractivity contribution in [1.82, 2.24) is 0 Å². The smallest absolute Gasteiger partial charge is 0.308 e. The second kappa shape index (κ2) is 8.85. The van der Waals surface area contributed by atoms with Crippen LogP contribution >= 0.6 is 0 Å². The minimum atomic E-state index is -0.926. The molecule has 4 rings (SSSR count). The van der Waals surface area contributed by atoms with Gasteiger partial charge in [-0.25, -0.2) is 0 Å². The van der Waals surface area contributed by atoms with Crippen LogP contribution in [0.3, 0.4) is 0 Å². The molecule has 0 aromatic carbocycles. The number of rotatable bonds is 6. The minimum Gasteiger partial charge on any atom is -0.481 e. The molecule has 0 aromatic rings. The summed E-state index contributed by atoms with van der Waals surface area (Å²) in [6.45, 7) is 8.80. The lowest BCUT2D eigenvalue weighted by Gasteiger charge is -2.62. The molecule has 4 aliphatic rings. The minimum absolute atomic E-state index is 0.193. The molecule has 184 valence electrons. The van der Waals surface area contributed by atoms with Crippen LogP contribution < -0.4 is 0 Å². The van der Waals surface area contributed by atoms with Crippen LogP contribution in [0.5, 0.6) is 0 Å². The maximum atomic E-state index is 11.3. The van der Waals surface area contributed by atoms with E-state index in [1.54, 1.807) is 6.92 Å². The highest BCUT2D eigenvalue weighted by Gasteiger charge is 2.62. The number of fused-ring (bicyclic) bond motifs is 5. The molecule has 0 radical (unpaired) electrons. The Balaban J connectivity index is 1.47. The third-order valence-electron chi connectivity index (χ3n) is 11.3. The number of aliphatic hydroxyl groups excluding tert-OH is 3. The SMILES string of the molecule is CC(C(=O)O)C(O)CC[C@@H](C)[C@H]1CC[C@H]2[C@@H]3[C@H](O)C[C@@H]4C[C@H](O)CC[C@]4(C)[C@H]3CC[C@]12C. The molecule has 0 bridgehead atoms. The van der Waals surface area contributed by atoms with Crippen molar-refractivity contribution in [3.8, 4) is 0 Å². The molecule has 0 heterocycles. The normalized spacial score (nSPS) is 48.8. The largest absolute Gasteiger partial charge is 0.481 e. The highest BCUT2D eigenvalue weighted by Crippen LogP contribution is 2.68. The quantitative estimate of drug-likeness (QED) is 0.478. The molecule has 4 saturated carbocycles. The van der Waals surface area contributed by atoms with Gasteiger partial charge >= 0.3 is 5.97 Å². The zero-order valence-corrected chi connectivity index (χ0v) is 20.5. The fourth-order valence-electron chi connectivity index (χ4n) is 9.22. The van der Waals surface area contributed by atoms with E-state index in [1.807, 2.05) is 0 Å². The van der Waals surface area contributed by atoms with Crippen molar-refractivity contribution in [2.45, 2.75) is 110 Å². The van der Waals surface area contributed by atoms with E-state index in [0.717, 1.165) is 32.1 Å². The van der Waals surface area contributed by atoms with Gasteiger partial charge in [0, 0.05) is 0 Å². The Kier molecular flexibility index (Phi) is 6.77. The van der Waals surface area contributed by atoms with E-state index >= 15 is 0 Å². The van der Waals surface area contributed by atoms with Gasteiger partial charge in [0.15, 0.2) is 0 Å². The average Bonchev–Trinajstić information content (AvgIpc) is 3.09. The van der Waals surface area contributed by atoms with Gasteiger partial charge < -0.3 is 20.4 Å². The van der Waals surface area contributed by atoms with E-state index in [4.69, 9.17) is 0 Å². The van der Waals surface area contributed by atoms with Crippen LogP contribution in [-0.2, 0) is 4.79 Å². The van der Waals surface area contributed by atoms with Crippen LogP contribution in [0.2, 0.25) is 0 Å². The number of aliphatic carboxylic acids is 1. The third kappa shape index (κ3) is 3.94. The molecule has 2 unspecified atom stereocenters. The number of aliphatic hydroxyl groups is 3. The van der Waals surface area contributed by atoms with Crippen molar-refractivity contribution in [3.63, 3.8) is 0 Å². The molecule has 0 aromatic heterocycles. The van der Waals surface area contributed by atoms with Gasteiger partial charge in [0.2, 0.25) is 0 Å². The first-order chi connectivity index (χ1) is 15.0. The van der Waals surface area contributed by atoms with Crippen LogP contribution in [0.4, 0.5) is 0 Å². The van der Waals surface area contributed by atoms with Crippen molar-refractivity contribution in [3.05, 3.63) is 0 Å². The summed E-state index contributed by atoms with van der Waals surface area (Å²) in [4.78, 5) is 11.2. The summed E-state index contributed by atoms with van der Waals surface area (Å²) in [6, 6.07) is 0. The number of carboxylic acids is 1. The molecule has 32 heavy (non-hydrogen) atoms. The average molecular weight is 451 g/mol. The summed E-state index contributed by atoms with van der Waals surface area (Å²) in [5.41, 5.74) is 0.480. The van der Waals surface area contributed by atoms with Crippen molar-refractivity contribution in [2.24, 2.45) is 52.3 Å².